The molecule has 0 spiro atoms. The topological polar surface area (TPSA) is 35.4 Å². The normalized spacial score (nSPS) is 16.6. The Morgan fingerprint density at radius 1 is 1.56 bits per heavy atom. The Morgan fingerprint density at radius 3 is 2.11 bits per heavy atom. The number of nitrogens with zero attached hydrogens (tertiary/aromatic N) is 1. The van der Waals surface area contributed by atoms with Gasteiger partial charge in [-0.25, -0.2) is 0 Å². The maximum atomic E-state index is 11.0. The summed E-state index contributed by atoms with van der Waals surface area (Å²) in [6.45, 7) is 5.69. The molecule has 0 radical (unpaired) electrons. The lowest BCUT2D eigenvalue weighted by molar-refractivity contribution is 0.562. The number of halogens is 1. The van der Waals surface area contributed by atoms with Gasteiger partial charge in [-0.15, -0.1) is 0 Å². The van der Waals surface area contributed by atoms with Gasteiger partial charge in [-0.05, 0) is 43.4 Å². The van der Waals surface area contributed by atoms with Crippen molar-refractivity contribution in [1.82, 2.24) is 0 Å². The largest absolute Gasteiger partial charge is 0.591 e. The van der Waals surface area contributed by atoms with Crippen molar-refractivity contribution in [3.63, 3.8) is 0 Å². The van der Waals surface area contributed by atoms with Crippen LogP contribution < -0.4 is 0 Å². The van der Waals surface area contributed by atoms with Crippen LogP contribution in [0.4, 0.5) is 0 Å². The third-order valence-electron chi connectivity index (χ3n) is 0.659. The molecule has 0 aromatic carbocycles. The first kappa shape index (κ1) is 9.71. The zero-order valence-corrected chi connectivity index (χ0v) is 8.69. The number of rotatable bonds is 1. The SMILES string of the molecule is CC(C)(C)[S+]([O-])/N=C/I. The van der Waals surface area contributed by atoms with Crippen molar-refractivity contribution < 1.29 is 4.55 Å². The van der Waals surface area contributed by atoms with Gasteiger partial charge in [0.05, 0.1) is 0 Å². The van der Waals surface area contributed by atoms with Crippen molar-refractivity contribution in [2.24, 2.45) is 4.40 Å². The van der Waals surface area contributed by atoms with Gasteiger partial charge in [0.1, 0.15) is 20.3 Å². The molecule has 1 unspecified atom stereocenters. The Bertz CT molecular complexity index is 110. The molecule has 4 heteroatoms. The summed E-state index contributed by atoms with van der Waals surface area (Å²) in [5.74, 6) is 0. The summed E-state index contributed by atoms with van der Waals surface area (Å²) in [4.78, 5) is 0. The fourth-order valence-corrected chi connectivity index (χ4v) is 1.20. The smallest absolute Gasteiger partial charge is 0.144 e. The summed E-state index contributed by atoms with van der Waals surface area (Å²) in [7, 11) is 0. The van der Waals surface area contributed by atoms with E-state index in [2.05, 4.69) is 4.40 Å². The minimum atomic E-state index is -1.08. The standard InChI is InChI=1S/C5H10INOS/c1-5(2,3)9(8)7-4-6/h4H,1-3H3/b7-4+. The predicted molar refractivity (Wildman–Crippen MR) is 50.4 cm³/mol. The third-order valence-corrected chi connectivity index (χ3v) is 2.66. The van der Waals surface area contributed by atoms with Crippen molar-refractivity contribution in [2.45, 2.75) is 25.5 Å². The average Bonchev–Trinajstić information content (AvgIpc) is 1.64. The van der Waals surface area contributed by atoms with Crippen molar-refractivity contribution in [2.75, 3.05) is 0 Å². The Morgan fingerprint density at radius 2 is 2.00 bits per heavy atom. The molecule has 54 valence electrons. The van der Waals surface area contributed by atoms with E-state index in [0.717, 1.165) is 0 Å². The van der Waals surface area contributed by atoms with E-state index in [9.17, 15) is 4.55 Å². The van der Waals surface area contributed by atoms with E-state index < -0.39 is 11.4 Å². The third kappa shape index (κ3) is 4.16. The Kier molecular flexibility index (Phi) is 4.07. The van der Waals surface area contributed by atoms with Crippen LogP contribution in [-0.2, 0) is 11.4 Å². The molecule has 0 bridgehead atoms. The lowest BCUT2D eigenvalue weighted by Gasteiger charge is -2.17. The second-order valence-corrected chi connectivity index (χ2v) is 5.06. The minimum absolute atomic E-state index is 0.221. The Labute approximate surface area is 72.6 Å². The van der Waals surface area contributed by atoms with Crippen molar-refractivity contribution in [3.8, 4) is 0 Å². The van der Waals surface area contributed by atoms with Crippen LogP contribution in [0.2, 0.25) is 0 Å². The molecule has 2 nitrogen and oxygen atoms in total. The average molecular weight is 259 g/mol. The fraction of sp³-hybridized carbons (Fsp3) is 0.800. The highest BCUT2D eigenvalue weighted by atomic mass is 127. The summed E-state index contributed by atoms with van der Waals surface area (Å²) in [6, 6.07) is 0. The van der Waals surface area contributed by atoms with E-state index in [1.54, 1.807) is 4.22 Å². The molecule has 0 fully saturated rings. The van der Waals surface area contributed by atoms with Crippen LogP contribution >= 0.6 is 22.6 Å². The van der Waals surface area contributed by atoms with Crippen molar-refractivity contribution >= 4 is 38.2 Å². The monoisotopic (exact) mass is 259 g/mol. The first-order valence-corrected chi connectivity index (χ1v) is 4.88. The second kappa shape index (κ2) is 3.78. The van der Waals surface area contributed by atoms with Crippen LogP contribution in [-0.4, -0.2) is 13.5 Å². The summed E-state index contributed by atoms with van der Waals surface area (Å²) in [5.41, 5.74) is 0. The van der Waals surface area contributed by atoms with Crippen LogP contribution in [0, 0.1) is 0 Å². The fourth-order valence-electron chi connectivity index (χ4n) is 0.194. The molecule has 9 heavy (non-hydrogen) atoms. The lowest BCUT2D eigenvalue weighted by atomic mass is 10.3. The highest BCUT2D eigenvalue weighted by Gasteiger charge is 2.25. The quantitative estimate of drug-likeness (QED) is 0.402. The first-order chi connectivity index (χ1) is 3.98. The Hall–Kier alpha value is 0.710. The van der Waals surface area contributed by atoms with Gasteiger partial charge >= 0.3 is 0 Å². The minimum Gasteiger partial charge on any atom is -0.591 e. The van der Waals surface area contributed by atoms with Crippen LogP contribution in [0.3, 0.4) is 0 Å². The van der Waals surface area contributed by atoms with E-state index >= 15 is 0 Å². The molecule has 0 aliphatic rings. The summed E-state index contributed by atoms with van der Waals surface area (Å²) < 4.78 is 16.0. The molecular formula is C5H10INOS. The molecule has 0 N–H and O–H groups in total. The summed E-state index contributed by atoms with van der Waals surface area (Å²) in [6.07, 6.45) is 0. The molecule has 0 saturated heterocycles. The molecule has 1 atom stereocenters. The van der Waals surface area contributed by atoms with Crippen LogP contribution in [0.25, 0.3) is 0 Å². The van der Waals surface area contributed by atoms with Crippen LogP contribution in [0.15, 0.2) is 4.40 Å². The van der Waals surface area contributed by atoms with Gasteiger partial charge in [0, 0.05) is 0 Å². The molecular weight excluding hydrogens is 249 g/mol. The molecule has 0 saturated carbocycles. The van der Waals surface area contributed by atoms with E-state index in [-0.39, 0.29) is 4.75 Å². The van der Waals surface area contributed by atoms with Gasteiger partial charge in [0.15, 0.2) is 0 Å². The summed E-state index contributed by atoms with van der Waals surface area (Å²) >= 11 is 0.883. The number of hydrogen-bond donors (Lipinski definition) is 0. The van der Waals surface area contributed by atoms with Crippen molar-refractivity contribution in [3.05, 3.63) is 0 Å². The van der Waals surface area contributed by atoms with Crippen LogP contribution in [0.1, 0.15) is 20.8 Å². The van der Waals surface area contributed by atoms with Gasteiger partial charge in [-0.3, -0.25) is 0 Å². The van der Waals surface area contributed by atoms with Gasteiger partial charge in [0.25, 0.3) is 0 Å². The molecule has 0 rings (SSSR count). The second-order valence-electron chi connectivity index (χ2n) is 2.56. The van der Waals surface area contributed by atoms with Crippen molar-refractivity contribution in [1.29, 1.82) is 0 Å². The van der Waals surface area contributed by atoms with E-state index in [1.807, 2.05) is 43.4 Å². The molecule has 0 aliphatic heterocycles. The molecule has 0 aromatic heterocycles. The van der Waals surface area contributed by atoms with E-state index in [0.29, 0.717) is 0 Å². The highest BCUT2D eigenvalue weighted by Crippen LogP contribution is 2.16. The Balaban J connectivity index is 3.88. The van der Waals surface area contributed by atoms with Gasteiger partial charge in [0.2, 0.25) is 0 Å². The van der Waals surface area contributed by atoms with Gasteiger partial charge < -0.3 is 4.55 Å². The zero-order chi connectivity index (χ0) is 7.49. The van der Waals surface area contributed by atoms with E-state index in [1.165, 1.54) is 0 Å². The molecule has 0 heterocycles. The van der Waals surface area contributed by atoms with E-state index in [4.69, 9.17) is 0 Å². The maximum Gasteiger partial charge on any atom is 0.144 e. The number of hydrogen-bond acceptors (Lipinski definition) is 2. The molecule has 0 aliphatic carbocycles. The maximum absolute atomic E-state index is 11.0. The summed E-state index contributed by atoms with van der Waals surface area (Å²) in [5, 5.41) is 0. The van der Waals surface area contributed by atoms with Gasteiger partial charge in [-0.2, -0.15) is 0 Å². The van der Waals surface area contributed by atoms with Crippen LogP contribution in [0.5, 0.6) is 0 Å². The molecule has 0 aromatic rings. The zero-order valence-electron chi connectivity index (χ0n) is 5.72. The lowest BCUT2D eigenvalue weighted by Crippen LogP contribution is -2.25. The first-order valence-electron chi connectivity index (χ1n) is 2.53. The highest BCUT2D eigenvalue weighted by molar-refractivity contribution is 14.1. The van der Waals surface area contributed by atoms with Gasteiger partial charge in [-0.1, -0.05) is 4.40 Å². The predicted octanol–water partition coefficient (Wildman–Crippen LogP) is 1.91. The molecule has 0 amide bonds.